The normalized spacial score (nSPS) is 12.1. The predicted molar refractivity (Wildman–Crippen MR) is 163 cm³/mol. The summed E-state index contributed by atoms with van der Waals surface area (Å²) < 4.78 is 34.5. The van der Waals surface area contributed by atoms with Crippen molar-refractivity contribution in [3.63, 3.8) is 0 Å². The molecule has 8 nitrogen and oxygen atoms in total. The maximum atomic E-state index is 14.1. The van der Waals surface area contributed by atoms with Gasteiger partial charge in [-0.25, -0.2) is 8.42 Å². The number of sulfonamides is 1. The summed E-state index contributed by atoms with van der Waals surface area (Å²) in [6, 6.07) is 16.9. The van der Waals surface area contributed by atoms with Gasteiger partial charge in [0.15, 0.2) is 0 Å². The Labute approximate surface area is 252 Å². The molecule has 3 rings (SSSR count). The predicted octanol–water partition coefficient (Wildman–Crippen LogP) is 5.70. The van der Waals surface area contributed by atoms with Crippen LogP contribution in [0.25, 0.3) is 0 Å². The Hall–Kier alpha value is -3.27. The standard InChI is InChI=1S/C30H35Cl2N3O5S/c1-20(2)17-33-30(37)22(4)34(18-23-12-13-25(31)26(32)16-23)29(36)19-35(27-15-21(3)11-14-28(27)40-5)41(38,39)24-9-7-6-8-10-24/h6-16,20,22H,17-19H2,1-5H3,(H,33,37). The summed E-state index contributed by atoms with van der Waals surface area (Å²) >= 11 is 12.3. The molecule has 0 spiro atoms. The van der Waals surface area contributed by atoms with E-state index in [1.54, 1.807) is 61.5 Å². The highest BCUT2D eigenvalue weighted by Crippen LogP contribution is 2.34. The van der Waals surface area contributed by atoms with Gasteiger partial charge >= 0.3 is 0 Å². The smallest absolute Gasteiger partial charge is 0.264 e. The lowest BCUT2D eigenvalue weighted by Gasteiger charge is -2.32. The van der Waals surface area contributed by atoms with Crippen LogP contribution in [0.1, 0.15) is 31.9 Å². The van der Waals surface area contributed by atoms with Crippen LogP contribution in [0.5, 0.6) is 5.75 Å². The van der Waals surface area contributed by atoms with Crippen molar-refractivity contribution in [1.29, 1.82) is 0 Å². The van der Waals surface area contributed by atoms with Crippen LogP contribution in [0.15, 0.2) is 71.6 Å². The first-order chi connectivity index (χ1) is 19.3. The largest absolute Gasteiger partial charge is 0.495 e. The summed E-state index contributed by atoms with van der Waals surface area (Å²) in [7, 11) is -2.79. The molecular formula is C30H35Cl2N3O5S. The molecule has 41 heavy (non-hydrogen) atoms. The van der Waals surface area contributed by atoms with Crippen LogP contribution in [-0.4, -0.2) is 51.4 Å². The van der Waals surface area contributed by atoms with Crippen molar-refractivity contribution in [2.75, 3.05) is 24.5 Å². The van der Waals surface area contributed by atoms with E-state index in [1.165, 1.54) is 24.1 Å². The summed E-state index contributed by atoms with van der Waals surface area (Å²) in [5.74, 6) is -0.476. The highest BCUT2D eigenvalue weighted by Gasteiger charge is 2.34. The van der Waals surface area contributed by atoms with E-state index < -0.39 is 28.5 Å². The topological polar surface area (TPSA) is 96.0 Å². The minimum Gasteiger partial charge on any atom is -0.495 e. The average molecular weight is 621 g/mol. The number of aryl methyl sites for hydroxylation is 1. The Balaban J connectivity index is 2.08. The molecule has 2 amide bonds. The van der Waals surface area contributed by atoms with E-state index in [0.717, 1.165) is 9.87 Å². The summed E-state index contributed by atoms with van der Waals surface area (Å²) in [5, 5.41) is 3.51. The van der Waals surface area contributed by atoms with Crippen LogP contribution in [-0.2, 0) is 26.2 Å². The Morgan fingerprint density at radius 1 is 0.951 bits per heavy atom. The number of halogens is 2. The fraction of sp³-hybridized carbons (Fsp3) is 0.333. The van der Waals surface area contributed by atoms with Crippen LogP contribution < -0.4 is 14.4 Å². The molecule has 0 aliphatic heterocycles. The first-order valence-corrected chi connectivity index (χ1v) is 15.3. The number of methoxy groups -OCH3 is 1. The highest BCUT2D eigenvalue weighted by molar-refractivity contribution is 7.92. The lowest BCUT2D eigenvalue weighted by molar-refractivity contribution is -0.139. The molecule has 11 heteroatoms. The molecule has 3 aromatic carbocycles. The van der Waals surface area contributed by atoms with E-state index in [0.29, 0.717) is 22.2 Å². The monoisotopic (exact) mass is 619 g/mol. The van der Waals surface area contributed by atoms with E-state index in [2.05, 4.69) is 5.32 Å². The summed E-state index contributed by atoms with van der Waals surface area (Å²) in [4.78, 5) is 28.5. The first-order valence-electron chi connectivity index (χ1n) is 13.1. The number of hydrogen-bond acceptors (Lipinski definition) is 5. The number of carbonyl (C=O) groups excluding carboxylic acids is 2. The Morgan fingerprint density at radius 3 is 2.24 bits per heavy atom. The van der Waals surface area contributed by atoms with Gasteiger partial charge in [0, 0.05) is 13.1 Å². The molecule has 1 unspecified atom stereocenters. The van der Waals surface area contributed by atoms with Crippen LogP contribution in [0, 0.1) is 12.8 Å². The SMILES string of the molecule is COc1ccc(C)cc1N(CC(=O)N(Cc1ccc(Cl)c(Cl)c1)C(C)C(=O)NCC(C)C)S(=O)(=O)c1ccccc1. The van der Waals surface area contributed by atoms with E-state index in [1.807, 2.05) is 20.8 Å². The zero-order valence-corrected chi connectivity index (χ0v) is 26.1. The van der Waals surface area contributed by atoms with Crippen molar-refractivity contribution in [3.8, 4) is 5.75 Å². The van der Waals surface area contributed by atoms with Gasteiger partial charge in [0.25, 0.3) is 10.0 Å². The molecule has 0 saturated heterocycles. The highest BCUT2D eigenvalue weighted by atomic mass is 35.5. The Kier molecular flexibility index (Phi) is 11.1. The fourth-order valence-corrected chi connectivity index (χ4v) is 5.86. The van der Waals surface area contributed by atoms with Crippen LogP contribution >= 0.6 is 23.2 Å². The van der Waals surface area contributed by atoms with E-state index in [-0.39, 0.29) is 34.7 Å². The van der Waals surface area contributed by atoms with Crippen LogP contribution in [0.4, 0.5) is 5.69 Å². The van der Waals surface area contributed by atoms with Crippen molar-refractivity contribution in [3.05, 3.63) is 87.9 Å². The van der Waals surface area contributed by atoms with Crippen molar-refractivity contribution in [2.45, 2.75) is 45.2 Å². The van der Waals surface area contributed by atoms with Gasteiger partial charge in [-0.05, 0) is 67.3 Å². The number of amides is 2. The zero-order chi connectivity index (χ0) is 30.3. The van der Waals surface area contributed by atoms with Gasteiger partial charge in [-0.2, -0.15) is 0 Å². The summed E-state index contributed by atoms with van der Waals surface area (Å²) in [6.45, 7) is 7.18. The van der Waals surface area contributed by atoms with Crippen LogP contribution in [0.3, 0.4) is 0 Å². The molecule has 0 saturated carbocycles. The third-order valence-corrected chi connectivity index (χ3v) is 8.91. The molecule has 0 radical (unpaired) electrons. The Morgan fingerprint density at radius 2 is 1.63 bits per heavy atom. The number of rotatable bonds is 12. The fourth-order valence-electron chi connectivity index (χ4n) is 4.10. The van der Waals surface area contributed by atoms with Gasteiger partial charge in [0.05, 0.1) is 27.7 Å². The molecule has 1 N–H and O–H groups in total. The molecule has 0 bridgehead atoms. The molecule has 0 heterocycles. The number of ether oxygens (including phenoxy) is 1. The molecule has 220 valence electrons. The number of hydrogen-bond donors (Lipinski definition) is 1. The minimum atomic E-state index is -4.22. The van der Waals surface area contributed by atoms with Crippen molar-refractivity contribution in [2.24, 2.45) is 5.92 Å². The van der Waals surface area contributed by atoms with E-state index >= 15 is 0 Å². The quantitative estimate of drug-likeness (QED) is 0.281. The minimum absolute atomic E-state index is 0.00381. The number of benzene rings is 3. The number of anilines is 1. The molecule has 0 fully saturated rings. The van der Waals surface area contributed by atoms with E-state index in [9.17, 15) is 18.0 Å². The number of nitrogens with one attached hydrogen (secondary N) is 1. The second-order valence-electron chi connectivity index (χ2n) is 10.1. The van der Waals surface area contributed by atoms with Gasteiger partial charge in [0.2, 0.25) is 11.8 Å². The first kappa shape index (κ1) is 32.2. The Bertz CT molecular complexity index is 1480. The van der Waals surface area contributed by atoms with E-state index in [4.69, 9.17) is 27.9 Å². The number of nitrogens with zero attached hydrogens (tertiary/aromatic N) is 2. The molecule has 1 atom stereocenters. The maximum absolute atomic E-state index is 14.1. The third-order valence-electron chi connectivity index (χ3n) is 6.40. The maximum Gasteiger partial charge on any atom is 0.264 e. The lowest BCUT2D eigenvalue weighted by Crippen LogP contribution is -2.51. The van der Waals surface area contributed by atoms with Crippen molar-refractivity contribution < 1.29 is 22.7 Å². The number of carbonyl (C=O) groups is 2. The van der Waals surface area contributed by atoms with Crippen molar-refractivity contribution in [1.82, 2.24) is 10.2 Å². The van der Waals surface area contributed by atoms with Crippen molar-refractivity contribution >= 4 is 50.7 Å². The van der Waals surface area contributed by atoms with Gasteiger partial charge in [0.1, 0.15) is 18.3 Å². The second kappa shape index (κ2) is 14.1. The summed E-state index contributed by atoms with van der Waals surface area (Å²) in [6.07, 6.45) is 0. The van der Waals surface area contributed by atoms with Gasteiger partial charge in [-0.15, -0.1) is 0 Å². The molecule has 3 aromatic rings. The molecule has 0 aliphatic carbocycles. The third kappa shape index (κ3) is 8.15. The lowest BCUT2D eigenvalue weighted by atomic mass is 10.1. The average Bonchev–Trinajstić information content (AvgIpc) is 2.95. The van der Waals surface area contributed by atoms with Gasteiger partial charge < -0.3 is 15.0 Å². The van der Waals surface area contributed by atoms with Gasteiger partial charge in [-0.3, -0.25) is 13.9 Å². The second-order valence-corrected chi connectivity index (χ2v) is 12.8. The summed E-state index contributed by atoms with van der Waals surface area (Å²) in [5.41, 5.74) is 1.61. The molecule has 0 aliphatic rings. The molecular weight excluding hydrogens is 585 g/mol. The van der Waals surface area contributed by atoms with Gasteiger partial charge in [-0.1, -0.05) is 67.4 Å². The van der Waals surface area contributed by atoms with Crippen LogP contribution in [0.2, 0.25) is 10.0 Å². The molecule has 0 aromatic heterocycles. The zero-order valence-electron chi connectivity index (χ0n) is 23.7.